The van der Waals surface area contributed by atoms with Gasteiger partial charge in [-0.25, -0.2) is 12.4 Å². The van der Waals surface area contributed by atoms with E-state index in [2.05, 4.69) is 6.92 Å². The summed E-state index contributed by atoms with van der Waals surface area (Å²) in [6.07, 6.45) is 5.97. The van der Waals surface area contributed by atoms with Crippen molar-refractivity contribution in [3.05, 3.63) is 47.0 Å². The summed E-state index contributed by atoms with van der Waals surface area (Å²) >= 11 is 6.17. The molecular formula is C23H28ClNO4S. The number of rotatable bonds is 10. The zero-order valence-electron chi connectivity index (χ0n) is 17.4. The SMILES string of the molecule is CCCCCCCCS(=O)(=O)n1c2ccc(Cl)cc2c2ccc(C(C)C(=O)O)cc21. The molecule has 0 amide bonds. The topological polar surface area (TPSA) is 76.4 Å². The molecular weight excluding hydrogens is 422 g/mol. The zero-order chi connectivity index (χ0) is 21.9. The van der Waals surface area contributed by atoms with Gasteiger partial charge < -0.3 is 5.11 Å². The first-order chi connectivity index (χ1) is 14.3. The number of hydrogen-bond donors (Lipinski definition) is 1. The van der Waals surface area contributed by atoms with Gasteiger partial charge in [-0.05, 0) is 43.2 Å². The molecule has 0 radical (unpaired) electrons. The van der Waals surface area contributed by atoms with Gasteiger partial charge in [-0.2, -0.15) is 0 Å². The molecule has 0 aliphatic carbocycles. The second kappa shape index (κ2) is 9.40. The Morgan fingerprint density at radius 1 is 1.00 bits per heavy atom. The van der Waals surface area contributed by atoms with E-state index >= 15 is 0 Å². The summed E-state index contributed by atoms with van der Waals surface area (Å²) < 4.78 is 28.0. The molecule has 0 saturated carbocycles. The molecule has 0 aliphatic rings. The molecule has 1 aromatic heterocycles. The minimum absolute atomic E-state index is 0.0549. The van der Waals surface area contributed by atoms with Crippen LogP contribution in [0, 0.1) is 0 Å². The van der Waals surface area contributed by atoms with Crippen LogP contribution in [0.2, 0.25) is 5.02 Å². The molecule has 2 aromatic carbocycles. The van der Waals surface area contributed by atoms with Gasteiger partial charge in [0.2, 0.25) is 10.0 Å². The van der Waals surface area contributed by atoms with Crippen molar-refractivity contribution in [2.75, 3.05) is 5.75 Å². The highest BCUT2D eigenvalue weighted by atomic mass is 35.5. The molecule has 3 aromatic rings. The molecule has 162 valence electrons. The zero-order valence-corrected chi connectivity index (χ0v) is 19.0. The highest BCUT2D eigenvalue weighted by molar-refractivity contribution is 7.90. The third kappa shape index (κ3) is 4.65. The van der Waals surface area contributed by atoms with Crippen molar-refractivity contribution in [3.8, 4) is 0 Å². The summed E-state index contributed by atoms with van der Waals surface area (Å²) in [6.45, 7) is 3.75. The molecule has 5 nitrogen and oxygen atoms in total. The second-order valence-electron chi connectivity index (χ2n) is 7.85. The highest BCUT2D eigenvalue weighted by Crippen LogP contribution is 2.34. The maximum atomic E-state index is 13.3. The van der Waals surface area contributed by atoms with Crippen LogP contribution in [0.4, 0.5) is 0 Å². The van der Waals surface area contributed by atoms with Crippen molar-refractivity contribution in [2.24, 2.45) is 0 Å². The smallest absolute Gasteiger partial charge is 0.310 e. The van der Waals surface area contributed by atoms with E-state index in [0.717, 1.165) is 36.5 Å². The Balaban J connectivity index is 2.06. The molecule has 0 bridgehead atoms. The van der Waals surface area contributed by atoms with Gasteiger partial charge in [-0.3, -0.25) is 4.79 Å². The third-order valence-electron chi connectivity index (χ3n) is 5.61. The van der Waals surface area contributed by atoms with Gasteiger partial charge in [0.15, 0.2) is 0 Å². The van der Waals surface area contributed by atoms with Gasteiger partial charge in [-0.1, -0.05) is 62.8 Å². The lowest BCUT2D eigenvalue weighted by molar-refractivity contribution is -0.138. The molecule has 0 saturated heterocycles. The third-order valence-corrected chi connectivity index (χ3v) is 7.60. The Hall–Kier alpha value is -2.05. The summed E-state index contributed by atoms with van der Waals surface area (Å²) in [5, 5.41) is 11.4. The number of unbranched alkanes of at least 4 members (excludes halogenated alkanes) is 5. The van der Waals surface area contributed by atoms with Crippen LogP contribution in [0.25, 0.3) is 21.8 Å². The molecule has 7 heteroatoms. The number of carboxylic acids is 1. The molecule has 1 atom stereocenters. The maximum Gasteiger partial charge on any atom is 0.310 e. The van der Waals surface area contributed by atoms with Crippen molar-refractivity contribution in [1.82, 2.24) is 3.97 Å². The summed E-state index contributed by atoms with van der Waals surface area (Å²) in [6, 6.07) is 10.4. The normalized spacial score (nSPS) is 13.2. The van der Waals surface area contributed by atoms with E-state index in [9.17, 15) is 18.3 Å². The van der Waals surface area contributed by atoms with Crippen molar-refractivity contribution < 1.29 is 18.3 Å². The Morgan fingerprint density at radius 2 is 1.70 bits per heavy atom. The second-order valence-corrected chi connectivity index (χ2v) is 10.2. The van der Waals surface area contributed by atoms with E-state index in [0.29, 0.717) is 28.0 Å². The van der Waals surface area contributed by atoms with Gasteiger partial charge in [0.25, 0.3) is 0 Å². The van der Waals surface area contributed by atoms with Crippen molar-refractivity contribution in [3.63, 3.8) is 0 Å². The van der Waals surface area contributed by atoms with Crippen LogP contribution in [0.5, 0.6) is 0 Å². The fraction of sp³-hybridized carbons (Fsp3) is 0.435. The average molecular weight is 450 g/mol. The predicted molar refractivity (Wildman–Crippen MR) is 123 cm³/mol. The summed E-state index contributed by atoms with van der Waals surface area (Å²) in [5.41, 5.74) is 1.64. The Bertz CT molecular complexity index is 1170. The summed E-state index contributed by atoms with van der Waals surface area (Å²) in [7, 11) is -3.61. The van der Waals surface area contributed by atoms with E-state index in [1.54, 1.807) is 43.3 Å². The lowest BCUT2D eigenvalue weighted by Gasteiger charge is -2.11. The average Bonchev–Trinajstić information content (AvgIpc) is 3.03. The number of aliphatic carboxylic acids is 1. The van der Waals surface area contributed by atoms with Crippen molar-refractivity contribution >= 4 is 49.4 Å². The molecule has 3 rings (SSSR count). The quantitative estimate of drug-likeness (QED) is 0.375. The molecule has 1 heterocycles. The fourth-order valence-corrected chi connectivity index (χ4v) is 5.68. The van der Waals surface area contributed by atoms with E-state index < -0.39 is 21.9 Å². The van der Waals surface area contributed by atoms with Crippen LogP contribution in [0.3, 0.4) is 0 Å². The van der Waals surface area contributed by atoms with Crippen LogP contribution in [-0.4, -0.2) is 29.2 Å². The van der Waals surface area contributed by atoms with Gasteiger partial charge in [0.1, 0.15) is 0 Å². The van der Waals surface area contributed by atoms with Gasteiger partial charge in [-0.15, -0.1) is 0 Å². The highest BCUT2D eigenvalue weighted by Gasteiger charge is 2.23. The van der Waals surface area contributed by atoms with Crippen molar-refractivity contribution in [2.45, 2.75) is 58.3 Å². The number of hydrogen-bond acceptors (Lipinski definition) is 3. The lowest BCUT2D eigenvalue weighted by Crippen LogP contribution is -2.16. The van der Waals surface area contributed by atoms with Crippen LogP contribution < -0.4 is 0 Å². The molecule has 0 aliphatic heterocycles. The van der Waals surface area contributed by atoms with Crippen LogP contribution in [0.1, 0.15) is 63.9 Å². The summed E-state index contributed by atoms with van der Waals surface area (Å²) in [5.74, 6) is -1.62. The standard InChI is InChI=1S/C23H28ClNO4S/c1-3-4-5-6-7-8-13-30(28,29)25-21-12-10-18(24)15-20(21)19-11-9-17(14-22(19)25)16(2)23(26)27/h9-12,14-16H,3-8,13H2,1-2H3,(H,26,27). The van der Waals surface area contributed by atoms with Crippen LogP contribution in [-0.2, 0) is 14.8 Å². The summed E-state index contributed by atoms with van der Waals surface area (Å²) in [4.78, 5) is 11.4. The van der Waals surface area contributed by atoms with E-state index in [1.165, 1.54) is 10.4 Å². The number of aromatic nitrogens is 1. The molecule has 1 N–H and O–H groups in total. The number of nitrogens with zero attached hydrogens (tertiary/aromatic N) is 1. The largest absolute Gasteiger partial charge is 0.481 e. The van der Waals surface area contributed by atoms with Crippen LogP contribution in [0.15, 0.2) is 36.4 Å². The monoisotopic (exact) mass is 449 g/mol. The minimum Gasteiger partial charge on any atom is -0.481 e. The van der Waals surface area contributed by atoms with Crippen LogP contribution >= 0.6 is 11.6 Å². The molecule has 0 fully saturated rings. The van der Waals surface area contributed by atoms with Gasteiger partial charge in [0.05, 0.1) is 22.7 Å². The Labute approximate surface area is 182 Å². The Kier molecular flexibility index (Phi) is 7.09. The number of carbonyl (C=O) groups is 1. The van der Waals surface area contributed by atoms with E-state index in [-0.39, 0.29) is 5.75 Å². The fourth-order valence-electron chi connectivity index (χ4n) is 3.84. The van der Waals surface area contributed by atoms with Gasteiger partial charge in [0, 0.05) is 15.8 Å². The number of fused-ring (bicyclic) bond motifs is 3. The van der Waals surface area contributed by atoms with E-state index in [4.69, 9.17) is 11.6 Å². The number of halogens is 1. The van der Waals surface area contributed by atoms with E-state index in [1.807, 2.05) is 0 Å². The predicted octanol–water partition coefficient (Wildman–Crippen LogP) is 6.17. The first-order valence-electron chi connectivity index (χ1n) is 10.5. The Morgan fingerprint density at radius 3 is 2.40 bits per heavy atom. The van der Waals surface area contributed by atoms with Gasteiger partial charge >= 0.3 is 5.97 Å². The minimum atomic E-state index is -3.61. The first-order valence-corrected chi connectivity index (χ1v) is 12.4. The molecule has 30 heavy (non-hydrogen) atoms. The number of carboxylic acid groups (broad SMARTS) is 1. The molecule has 0 spiro atoms. The molecule has 1 unspecified atom stereocenters. The lowest BCUT2D eigenvalue weighted by atomic mass is 10.00. The number of benzene rings is 2. The maximum absolute atomic E-state index is 13.3. The van der Waals surface area contributed by atoms with Crippen molar-refractivity contribution in [1.29, 1.82) is 0 Å². The first kappa shape index (κ1) is 22.6.